The molecule has 0 spiro atoms. The molecule has 2 rings (SSSR count). The van der Waals surface area contributed by atoms with Gasteiger partial charge in [0, 0.05) is 24.8 Å². The molecule has 0 saturated carbocycles. The van der Waals surface area contributed by atoms with E-state index < -0.39 is 12.0 Å². The average molecular weight is 500 g/mol. The van der Waals surface area contributed by atoms with E-state index in [0.29, 0.717) is 18.8 Å². The maximum Gasteiger partial charge on any atom is 0.335 e. The standard InChI is InChI=1S/C27H41N5O4/c1-3-5-7-9-11-17-29-27(36)31-24(25(33)28-16-10-8-6-4-2)19-32-18-23(30-20-32)21-12-14-22(15-13-21)26(34)35/h12-15,18,20,24H,3-11,16-17,19H2,1-2H3,(H,28,33)(H,34,35)(H2,29,31,36). The van der Waals surface area contributed by atoms with Crippen molar-refractivity contribution in [1.29, 1.82) is 0 Å². The lowest BCUT2D eigenvalue weighted by molar-refractivity contribution is -0.123. The first-order chi connectivity index (χ1) is 17.4. The second kappa shape index (κ2) is 16.3. The van der Waals surface area contributed by atoms with E-state index in [2.05, 4.69) is 34.8 Å². The Kier molecular flexibility index (Phi) is 13.1. The van der Waals surface area contributed by atoms with Crippen molar-refractivity contribution >= 4 is 17.9 Å². The Bertz CT molecular complexity index is 942. The summed E-state index contributed by atoms with van der Waals surface area (Å²) < 4.78 is 1.76. The molecule has 0 aliphatic carbocycles. The third-order valence-electron chi connectivity index (χ3n) is 5.97. The Morgan fingerprint density at radius 1 is 0.889 bits per heavy atom. The number of carbonyl (C=O) groups excluding carboxylic acids is 2. The number of benzene rings is 1. The smallest absolute Gasteiger partial charge is 0.335 e. The van der Waals surface area contributed by atoms with Crippen LogP contribution in [0.4, 0.5) is 4.79 Å². The highest BCUT2D eigenvalue weighted by molar-refractivity contribution is 5.88. The Balaban J connectivity index is 1.98. The highest BCUT2D eigenvalue weighted by atomic mass is 16.4. The maximum absolute atomic E-state index is 12.9. The molecule has 3 amide bonds. The Morgan fingerprint density at radius 2 is 1.50 bits per heavy atom. The molecule has 0 aliphatic heterocycles. The van der Waals surface area contributed by atoms with E-state index >= 15 is 0 Å². The average Bonchev–Trinajstić information content (AvgIpc) is 3.34. The fourth-order valence-electron chi connectivity index (χ4n) is 3.82. The minimum Gasteiger partial charge on any atom is -0.478 e. The number of hydrogen-bond acceptors (Lipinski definition) is 4. The van der Waals surface area contributed by atoms with Gasteiger partial charge in [-0.1, -0.05) is 70.9 Å². The molecule has 1 aromatic carbocycles. The van der Waals surface area contributed by atoms with Crippen molar-refractivity contribution in [2.75, 3.05) is 13.1 Å². The minimum atomic E-state index is -0.985. The fraction of sp³-hybridized carbons (Fsp3) is 0.556. The van der Waals surface area contributed by atoms with Gasteiger partial charge in [0.05, 0.1) is 24.1 Å². The van der Waals surface area contributed by atoms with Crippen LogP contribution in [0.15, 0.2) is 36.8 Å². The monoisotopic (exact) mass is 499 g/mol. The van der Waals surface area contributed by atoms with Crippen LogP contribution in [0.5, 0.6) is 0 Å². The predicted molar refractivity (Wildman–Crippen MR) is 141 cm³/mol. The fourth-order valence-corrected chi connectivity index (χ4v) is 3.82. The Hall–Kier alpha value is -3.36. The summed E-state index contributed by atoms with van der Waals surface area (Å²) >= 11 is 0. The second-order valence-electron chi connectivity index (χ2n) is 9.06. The van der Waals surface area contributed by atoms with E-state index in [9.17, 15) is 14.4 Å². The summed E-state index contributed by atoms with van der Waals surface area (Å²) in [5.41, 5.74) is 1.63. The van der Waals surface area contributed by atoms with Gasteiger partial charge in [0.2, 0.25) is 5.91 Å². The van der Waals surface area contributed by atoms with E-state index in [0.717, 1.165) is 50.5 Å². The van der Waals surface area contributed by atoms with Crippen LogP contribution in [0.2, 0.25) is 0 Å². The predicted octanol–water partition coefficient (Wildman–Crippen LogP) is 4.58. The van der Waals surface area contributed by atoms with Crippen LogP contribution in [-0.2, 0) is 11.3 Å². The van der Waals surface area contributed by atoms with E-state index in [1.54, 1.807) is 29.2 Å². The number of aromatic carboxylic acids is 1. The lowest BCUT2D eigenvalue weighted by Gasteiger charge is -2.19. The molecular weight excluding hydrogens is 458 g/mol. The zero-order valence-electron chi connectivity index (χ0n) is 21.6. The number of carbonyl (C=O) groups is 3. The van der Waals surface area contributed by atoms with Crippen molar-refractivity contribution in [3.05, 3.63) is 42.4 Å². The summed E-state index contributed by atoms with van der Waals surface area (Å²) in [4.78, 5) is 40.9. The van der Waals surface area contributed by atoms with Crippen LogP contribution < -0.4 is 16.0 Å². The molecule has 0 aliphatic rings. The van der Waals surface area contributed by atoms with Crippen molar-refractivity contribution in [3.63, 3.8) is 0 Å². The van der Waals surface area contributed by atoms with Crippen LogP contribution in [0, 0.1) is 0 Å². The molecule has 9 heteroatoms. The van der Waals surface area contributed by atoms with E-state index in [-0.39, 0.29) is 24.0 Å². The molecular formula is C27H41N5O4. The number of unbranched alkanes of at least 4 members (excludes halogenated alkanes) is 7. The zero-order valence-corrected chi connectivity index (χ0v) is 21.6. The molecule has 0 fully saturated rings. The van der Waals surface area contributed by atoms with Crippen LogP contribution in [0.3, 0.4) is 0 Å². The van der Waals surface area contributed by atoms with Gasteiger partial charge in [0.15, 0.2) is 0 Å². The van der Waals surface area contributed by atoms with E-state index in [1.165, 1.54) is 25.0 Å². The first-order valence-electron chi connectivity index (χ1n) is 13.1. The van der Waals surface area contributed by atoms with Gasteiger partial charge in [0.1, 0.15) is 6.04 Å². The summed E-state index contributed by atoms with van der Waals surface area (Å²) in [5, 5.41) is 17.7. The van der Waals surface area contributed by atoms with Gasteiger partial charge in [-0.2, -0.15) is 0 Å². The lowest BCUT2D eigenvalue weighted by atomic mass is 10.1. The number of urea groups is 1. The number of imidazole rings is 1. The SMILES string of the molecule is CCCCCCCNC(=O)NC(Cn1cnc(-c2ccc(C(=O)O)cc2)c1)C(=O)NCCCCCC. The molecule has 198 valence electrons. The van der Waals surface area contributed by atoms with Crippen molar-refractivity contribution in [3.8, 4) is 11.3 Å². The number of aromatic nitrogens is 2. The van der Waals surface area contributed by atoms with Gasteiger partial charge in [-0.15, -0.1) is 0 Å². The highest BCUT2D eigenvalue weighted by Crippen LogP contribution is 2.18. The van der Waals surface area contributed by atoms with Crippen molar-refractivity contribution < 1.29 is 19.5 Å². The van der Waals surface area contributed by atoms with Gasteiger partial charge < -0.3 is 25.6 Å². The Morgan fingerprint density at radius 3 is 2.14 bits per heavy atom. The molecule has 0 saturated heterocycles. The zero-order chi connectivity index (χ0) is 26.2. The van der Waals surface area contributed by atoms with Crippen LogP contribution in [0.25, 0.3) is 11.3 Å². The molecule has 0 radical (unpaired) electrons. The quantitative estimate of drug-likeness (QED) is 0.237. The molecule has 1 atom stereocenters. The lowest BCUT2D eigenvalue weighted by Crippen LogP contribution is -2.52. The molecule has 36 heavy (non-hydrogen) atoms. The van der Waals surface area contributed by atoms with Crippen LogP contribution >= 0.6 is 0 Å². The molecule has 9 nitrogen and oxygen atoms in total. The number of hydrogen-bond donors (Lipinski definition) is 4. The van der Waals surface area contributed by atoms with Gasteiger partial charge in [0.25, 0.3) is 0 Å². The third-order valence-corrected chi connectivity index (χ3v) is 5.97. The van der Waals surface area contributed by atoms with Crippen LogP contribution in [-0.4, -0.2) is 51.7 Å². The summed E-state index contributed by atoms with van der Waals surface area (Å²) in [6, 6.07) is 5.33. The summed E-state index contributed by atoms with van der Waals surface area (Å²) in [7, 11) is 0. The number of carboxylic acids is 1. The normalized spacial score (nSPS) is 11.6. The summed E-state index contributed by atoms with van der Waals surface area (Å²) in [6.45, 7) is 5.67. The number of carboxylic acid groups (broad SMARTS) is 1. The first-order valence-corrected chi connectivity index (χ1v) is 13.1. The van der Waals surface area contributed by atoms with Crippen LogP contribution in [0.1, 0.15) is 82.0 Å². The third kappa shape index (κ3) is 10.5. The second-order valence-corrected chi connectivity index (χ2v) is 9.06. The first kappa shape index (κ1) is 28.9. The maximum atomic E-state index is 12.9. The van der Waals surface area contributed by atoms with E-state index in [1.807, 2.05) is 0 Å². The van der Waals surface area contributed by atoms with Crippen molar-refractivity contribution in [1.82, 2.24) is 25.5 Å². The molecule has 0 bridgehead atoms. The van der Waals surface area contributed by atoms with Crippen molar-refractivity contribution in [2.45, 2.75) is 84.2 Å². The number of amides is 3. The number of nitrogens with one attached hydrogen (secondary N) is 3. The van der Waals surface area contributed by atoms with Crippen molar-refractivity contribution in [2.24, 2.45) is 0 Å². The molecule has 1 aromatic heterocycles. The molecule has 1 heterocycles. The molecule has 4 N–H and O–H groups in total. The Labute approximate surface area is 214 Å². The topological polar surface area (TPSA) is 125 Å². The summed E-state index contributed by atoms with van der Waals surface area (Å²) in [5.74, 6) is -1.22. The van der Waals surface area contributed by atoms with Gasteiger partial charge in [-0.3, -0.25) is 4.79 Å². The van der Waals surface area contributed by atoms with Gasteiger partial charge in [-0.05, 0) is 25.0 Å². The van der Waals surface area contributed by atoms with E-state index in [4.69, 9.17) is 5.11 Å². The molecule has 1 unspecified atom stereocenters. The summed E-state index contributed by atoms with van der Waals surface area (Å²) in [6.07, 6.45) is 13.1. The van der Waals surface area contributed by atoms with Gasteiger partial charge >= 0.3 is 12.0 Å². The number of rotatable bonds is 17. The molecule has 2 aromatic rings. The largest absolute Gasteiger partial charge is 0.478 e. The highest BCUT2D eigenvalue weighted by Gasteiger charge is 2.21. The van der Waals surface area contributed by atoms with Gasteiger partial charge in [-0.25, -0.2) is 14.6 Å². The minimum absolute atomic E-state index is 0.203. The number of nitrogens with zero attached hydrogens (tertiary/aromatic N) is 2.